The number of esters is 1. The van der Waals surface area contributed by atoms with Crippen molar-refractivity contribution < 1.29 is 40.7 Å². The number of primary amides is 1. The lowest BCUT2D eigenvalue weighted by Gasteiger charge is -2.15. The van der Waals surface area contributed by atoms with Gasteiger partial charge in [-0.15, -0.1) is 5.10 Å². The number of unbranched alkanes of at least 4 members (excludes halogenated alkanes) is 1. The first-order chi connectivity index (χ1) is 12.3. The topological polar surface area (TPSA) is 205 Å². The Kier molecular flexibility index (Phi) is 6.99. The Hall–Kier alpha value is -2.12. The van der Waals surface area contributed by atoms with Crippen molar-refractivity contribution in [2.24, 2.45) is 5.73 Å². The number of quaternary nitrogens is 2. The molecule has 26 heavy (non-hydrogen) atoms. The highest BCUT2D eigenvalue weighted by Gasteiger charge is 2.45. The van der Waals surface area contributed by atoms with Crippen LogP contribution in [0, 0.1) is 0 Å². The van der Waals surface area contributed by atoms with E-state index in [-0.39, 0.29) is 12.4 Å². The third kappa shape index (κ3) is 4.74. The number of aliphatic hydroxyl groups excluding tert-OH is 2. The van der Waals surface area contributed by atoms with Gasteiger partial charge in [-0.2, -0.15) is 0 Å². The summed E-state index contributed by atoms with van der Waals surface area (Å²) in [6, 6.07) is -0.519. The summed E-state index contributed by atoms with van der Waals surface area (Å²) in [6.07, 6.45) is -1.20. The highest BCUT2D eigenvalue weighted by atomic mass is 16.6. The molecule has 1 aromatic rings. The second-order valence-electron chi connectivity index (χ2n) is 6.14. The van der Waals surface area contributed by atoms with E-state index in [1.165, 1.54) is 0 Å². The molecule has 1 fully saturated rings. The molecule has 12 heteroatoms. The zero-order valence-corrected chi connectivity index (χ0v) is 14.4. The normalized spacial score (nSPS) is 26.6. The summed E-state index contributed by atoms with van der Waals surface area (Å²) in [6.45, 7) is 0.551. The standard InChI is InChI=1S/C14H24N6O6/c15-4-2-1-3-7(16)14(24)25-5-8-9(21)10(22)13(26-8)20-6-18-12(19-20)11(17)23/h6-10,13,21-22H,1-5,15-16H2,(H2,17,23)/p+2. The average Bonchev–Trinajstić information content (AvgIpc) is 3.20. The molecule has 0 bridgehead atoms. The molecule has 0 radical (unpaired) electrons. The predicted molar refractivity (Wildman–Crippen MR) is 83.7 cm³/mol. The maximum Gasteiger partial charge on any atom is 0.364 e. The van der Waals surface area contributed by atoms with Crippen LogP contribution in [0.2, 0.25) is 0 Å². The van der Waals surface area contributed by atoms with Crippen molar-refractivity contribution in [1.29, 1.82) is 0 Å². The molecule has 1 aromatic heterocycles. The highest BCUT2D eigenvalue weighted by Crippen LogP contribution is 2.29. The van der Waals surface area contributed by atoms with Crippen molar-refractivity contribution in [2.45, 2.75) is 49.8 Å². The Balaban J connectivity index is 1.88. The number of nitrogens with zero attached hydrogens (tertiary/aromatic N) is 3. The Morgan fingerprint density at radius 2 is 2.12 bits per heavy atom. The van der Waals surface area contributed by atoms with E-state index in [0.29, 0.717) is 6.42 Å². The smallest absolute Gasteiger partial charge is 0.364 e. The van der Waals surface area contributed by atoms with E-state index < -0.39 is 42.5 Å². The lowest BCUT2D eigenvalue weighted by Crippen LogP contribution is -2.65. The number of hydrogen-bond acceptors (Lipinski definition) is 8. The van der Waals surface area contributed by atoms with Gasteiger partial charge in [-0.1, -0.05) is 0 Å². The molecule has 1 aliphatic heterocycles. The van der Waals surface area contributed by atoms with Crippen LogP contribution < -0.4 is 17.2 Å². The average molecular weight is 374 g/mol. The summed E-state index contributed by atoms with van der Waals surface area (Å²) in [5.41, 5.74) is 12.6. The molecule has 10 N–H and O–H groups in total. The quantitative estimate of drug-likeness (QED) is 0.210. The number of carbonyl (C=O) groups excluding carboxylic acids is 2. The van der Waals surface area contributed by atoms with E-state index in [1.807, 2.05) is 0 Å². The molecule has 1 amide bonds. The fourth-order valence-electron chi connectivity index (χ4n) is 2.56. The number of carbonyl (C=O) groups is 2. The molecule has 0 aromatic carbocycles. The molecular weight excluding hydrogens is 348 g/mol. The van der Waals surface area contributed by atoms with Gasteiger partial charge >= 0.3 is 5.97 Å². The van der Waals surface area contributed by atoms with Crippen LogP contribution in [-0.4, -0.2) is 74.4 Å². The van der Waals surface area contributed by atoms with Crippen LogP contribution in [0.4, 0.5) is 0 Å². The maximum absolute atomic E-state index is 11.9. The third-order valence-corrected chi connectivity index (χ3v) is 4.10. The second kappa shape index (κ2) is 9.00. The molecule has 146 valence electrons. The Morgan fingerprint density at radius 1 is 1.38 bits per heavy atom. The van der Waals surface area contributed by atoms with Crippen molar-refractivity contribution in [1.82, 2.24) is 14.8 Å². The lowest BCUT2D eigenvalue weighted by molar-refractivity contribution is -0.411. The van der Waals surface area contributed by atoms with Crippen LogP contribution in [-0.2, 0) is 14.3 Å². The van der Waals surface area contributed by atoms with Gasteiger partial charge in [0.2, 0.25) is 5.82 Å². The fraction of sp³-hybridized carbons (Fsp3) is 0.714. The van der Waals surface area contributed by atoms with Gasteiger partial charge in [-0.25, -0.2) is 14.5 Å². The van der Waals surface area contributed by atoms with Crippen molar-refractivity contribution in [3.05, 3.63) is 12.2 Å². The van der Waals surface area contributed by atoms with E-state index >= 15 is 0 Å². The van der Waals surface area contributed by atoms with Crippen LogP contribution in [0.5, 0.6) is 0 Å². The second-order valence-corrected chi connectivity index (χ2v) is 6.14. The molecule has 5 atom stereocenters. The van der Waals surface area contributed by atoms with Gasteiger partial charge in [-0.05, 0) is 12.8 Å². The molecule has 2 heterocycles. The van der Waals surface area contributed by atoms with Crippen molar-refractivity contribution in [3.63, 3.8) is 0 Å². The number of ether oxygens (including phenoxy) is 2. The molecule has 1 aliphatic rings. The molecule has 5 unspecified atom stereocenters. The van der Waals surface area contributed by atoms with Gasteiger partial charge < -0.3 is 36.9 Å². The third-order valence-electron chi connectivity index (χ3n) is 4.10. The Labute approximate surface area is 149 Å². The zero-order valence-electron chi connectivity index (χ0n) is 14.4. The van der Waals surface area contributed by atoms with E-state index in [2.05, 4.69) is 21.5 Å². The van der Waals surface area contributed by atoms with Gasteiger partial charge in [0.25, 0.3) is 5.91 Å². The van der Waals surface area contributed by atoms with Crippen LogP contribution in [0.25, 0.3) is 0 Å². The number of aromatic nitrogens is 3. The molecule has 0 spiro atoms. The van der Waals surface area contributed by atoms with Gasteiger partial charge in [0.15, 0.2) is 12.3 Å². The molecule has 12 nitrogen and oxygen atoms in total. The summed E-state index contributed by atoms with van der Waals surface area (Å²) in [7, 11) is 0. The van der Waals surface area contributed by atoms with Gasteiger partial charge in [0, 0.05) is 6.42 Å². The largest absolute Gasteiger partial charge is 0.458 e. The van der Waals surface area contributed by atoms with Crippen LogP contribution in [0.1, 0.15) is 36.1 Å². The minimum Gasteiger partial charge on any atom is -0.458 e. The Morgan fingerprint density at radius 3 is 2.73 bits per heavy atom. The number of hydrogen-bond donors (Lipinski definition) is 5. The monoisotopic (exact) mass is 374 g/mol. The van der Waals surface area contributed by atoms with Gasteiger partial charge in [-0.3, -0.25) is 4.79 Å². The van der Waals surface area contributed by atoms with Crippen molar-refractivity contribution in [3.8, 4) is 0 Å². The van der Waals surface area contributed by atoms with Crippen LogP contribution in [0.15, 0.2) is 6.33 Å². The molecule has 1 saturated heterocycles. The summed E-state index contributed by atoms with van der Waals surface area (Å²) >= 11 is 0. The van der Waals surface area contributed by atoms with E-state index in [9.17, 15) is 19.8 Å². The first-order valence-electron chi connectivity index (χ1n) is 8.36. The Bertz CT molecular complexity index is 625. The van der Waals surface area contributed by atoms with Crippen molar-refractivity contribution in [2.75, 3.05) is 13.2 Å². The number of aliphatic hydroxyl groups is 2. The maximum atomic E-state index is 11.9. The summed E-state index contributed by atoms with van der Waals surface area (Å²) in [4.78, 5) is 26.7. The first-order valence-corrected chi connectivity index (χ1v) is 8.36. The summed E-state index contributed by atoms with van der Waals surface area (Å²) in [5, 5.41) is 24.0. The fourth-order valence-corrected chi connectivity index (χ4v) is 2.56. The van der Waals surface area contributed by atoms with Gasteiger partial charge in [0.05, 0.1) is 6.54 Å². The summed E-state index contributed by atoms with van der Waals surface area (Å²) in [5.74, 6) is -1.57. The van der Waals surface area contributed by atoms with Crippen molar-refractivity contribution >= 4 is 11.9 Å². The molecule has 2 rings (SSSR count). The first kappa shape index (κ1) is 20.2. The zero-order chi connectivity index (χ0) is 19.3. The minimum absolute atomic E-state index is 0.243. The predicted octanol–water partition coefficient (Wildman–Crippen LogP) is -4.44. The molecule has 0 saturated carbocycles. The van der Waals surface area contributed by atoms with E-state index in [1.54, 1.807) is 0 Å². The molecular formula is C14H26N6O6+2. The SMILES string of the molecule is NC(=O)c1ncn(C2OC(COC(=O)C([NH3+])CCCC[NH3+])C(O)C2O)n1. The van der Waals surface area contributed by atoms with E-state index in [4.69, 9.17) is 15.2 Å². The van der Waals surface area contributed by atoms with Crippen LogP contribution >= 0.6 is 0 Å². The minimum atomic E-state index is -1.34. The van der Waals surface area contributed by atoms with Crippen LogP contribution in [0.3, 0.4) is 0 Å². The number of nitrogens with two attached hydrogens (primary N) is 1. The number of amides is 1. The number of rotatable bonds is 9. The highest BCUT2D eigenvalue weighted by molar-refractivity contribution is 5.88. The van der Waals surface area contributed by atoms with E-state index in [0.717, 1.165) is 30.4 Å². The molecule has 0 aliphatic carbocycles. The summed E-state index contributed by atoms with van der Waals surface area (Å²) < 4.78 is 11.7. The van der Waals surface area contributed by atoms with Gasteiger partial charge in [0.1, 0.15) is 31.2 Å². The lowest BCUT2D eigenvalue weighted by atomic mass is 10.1.